The quantitative estimate of drug-likeness (QED) is 0.445. The third-order valence-corrected chi connectivity index (χ3v) is 7.62. The largest absolute Gasteiger partial charge is 0.490 e. The smallest absolute Gasteiger partial charge is 0.475 e. The first-order valence-corrected chi connectivity index (χ1v) is 11.8. The number of nitrogens with zero attached hydrogens (tertiary/aromatic N) is 7. The van der Waals surface area contributed by atoms with Crippen LogP contribution in [0.3, 0.4) is 0 Å². The topological polar surface area (TPSA) is 162 Å². The fourth-order valence-corrected chi connectivity index (χ4v) is 5.13. The van der Waals surface area contributed by atoms with E-state index in [0.717, 1.165) is 53.9 Å². The average molecular weight is 544 g/mol. The Kier molecular flexibility index (Phi) is 7.24. The highest BCUT2D eigenvalue weighted by Gasteiger charge is 2.47. The van der Waals surface area contributed by atoms with Crippen LogP contribution in [0.15, 0.2) is 40.8 Å². The molecule has 36 heavy (non-hydrogen) atoms. The molecule has 2 aliphatic rings. The molecule has 0 amide bonds. The molecule has 1 atom stereocenters. The maximum absolute atomic E-state index is 10.6. The number of rotatable bonds is 3. The van der Waals surface area contributed by atoms with Gasteiger partial charge < -0.3 is 21.5 Å². The molecule has 16 heteroatoms. The first kappa shape index (κ1) is 25.9. The van der Waals surface area contributed by atoms with Crippen molar-refractivity contribution in [2.45, 2.75) is 41.5 Å². The second-order valence-electron chi connectivity index (χ2n) is 8.27. The maximum atomic E-state index is 10.6. The zero-order valence-corrected chi connectivity index (χ0v) is 20.1. The molecule has 3 aromatic heterocycles. The van der Waals surface area contributed by atoms with Crippen LogP contribution >= 0.6 is 23.4 Å². The van der Waals surface area contributed by atoms with Gasteiger partial charge in [0.2, 0.25) is 0 Å². The van der Waals surface area contributed by atoms with E-state index in [9.17, 15) is 13.2 Å². The normalized spacial score (nSPS) is 18.5. The van der Waals surface area contributed by atoms with E-state index >= 15 is 0 Å². The third kappa shape index (κ3) is 5.32. The number of hydrogen-bond acceptors (Lipinski definition) is 10. The van der Waals surface area contributed by atoms with Crippen LogP contribution in [0.2, 0.25) is 5.02 Å². The molecule has 1 fully saturated rings. The van der Waals surface area contributed by atoms with Crippen LogP contribution in [0.25, 0.3) is 0 Å². The predicted molar refractivity (Wildman–Crippen MR) is 124 cm³/mol. The van der Waals surface area contributed by atoms with Gasteiger partial charge in [-0.1, -0.05) is 28.6 Å². The number of carbonyl (C=O) groups is 1. The molecular formula is C20H21ClF3N9O2S. The Bertz CT molecular complexity index is 1230. The molecule has 5 heterocycles. The van der Waals surface area contributed by atoms with Gasteiger partial charge in [-0.05, 0) is 18.9 Å². The van der Waals surface area contributed by atoms with Crippen LogP contribution in [0.4, 0.5) is 24.8 Å². The Morgan fingerprint density at radius 3 is 2.47 bits per heavy atom. The van der Waals surface area contributed by atoms with Crippen molar-refractivity contribution in [1.82, 2.24) is 29.9 Å². The molecule has 11 nitrogen and oxygen atoms in total. The summed E-state index contributed by atoms with van der Waals surface area (Å²) in [4.78, 5) is 25.1. The summed E-state index contributed by atoms with van der Waals surface area (Å²) in [6.07, 6.45) is 3.88. The molecule has 0 saturated carbocycles. The summed E-state index contributed by atoms with van der Waals surface area (Å²) in [5.41, 5.74) is 13.4. The summed E-state index contributed by atoms with van der Waals surface area (Å²) in [7, 11) is 0. The number of halogens is 4. The Balaban J connectivity index is 0.000000384. The lowest BCUT2D eigenvalue weighted by atomic mass is 9.74. The van der Waals surface area contributed by atoms with Crippen molar-refractivity contribution in [3.63, 3.8) is 0 Å². The highest BCUT2D eigenvalue weighted by atomic mass is 35.5. The van der Waals surface area contributed by atoms with Gasteiger partial charge in [0, 0.05) is 29.6 Å². The SMILES string of the molecule is Nc1nccc(Sc2cnc(N3CCC4(CC3)Cn3nncc3[C@H]4N)cn2)c1Cl.O=C(O)C(F)(F)F. The van der Waals surface area contributed by atoms with E-state index in [4.69, 9.17) is 33.0 Å². The van der Waals surface area contributed by atoms with Crippen molar-refractivity contribution < 1.29 is 23.1 Å². The van der Waals surface area contributed by atoms with Gasteiger partial charge in [-0.15, -0.1) is 5.10 Å². The zero-order chi connectivity index (χ0) is 26.1. The number of carboxylic acid groups (broad SMARTS) is 1. The average Bonchev–Trinajstić information content (AvgIpc) is 3.39. The number of alkyl halides is 3. The fraction of sp³-hybridized carbons (Fsp3) is 0.400. The number of aliphatic carboxylic acids is 1. The van der Waals surface area contributed by atoms with Crippen LogP contribution in [0.1, 0.15) is 24.6 Å². The Morgan fingerprint density at radius 1 is 1.19 bits per heavy atom. The van der Waals surface area contributed by atoms with Crippen molar-refractivity contribution in [2.75, 3.05) is 23.7 Å². The Morgan fingerprint density at radius 2 is 1.89 bits per heavy atom. The molecule has 0 unspecified atom stereocenters. The number of nitrogen functional groups attached to an aromatic ring is 1. The van der Waals surface area contributed by atoms with Gasteiger partial charge in [-0.25, -0.2) is 24.4 Å². The fourth-order valence-electron chi connectivity index (χ4n) is 4.15. The van der Waals surface area contributed by atoms with Gasteiger partial charge in [-0.2, -0.15) is 13.2 Å². The summed E-state index contributed by atoms with van der Waals surface area (Å²) >= 11 is 7.62. The van der Waals surface area contributed by atoms with Crippen molar-refractivity contribution in [1.29, 1.82) is 0 Å². The van der Waals surface area contributed by atoms with Gasteiger partial charge in [0.15, 0.2) is 0 Å². The number of nitrogens with two attached hydrogens (primary N) is 2. The molecule has 5 rings (SSSR count). The summed E-state index contributed by atoms with van der Waals surface area (Å²) in [6.45, 7) is 2.62. The minimum absolute atomic E-state index is 0.0120. The number of piperidine rings is 1. The van der Waals surface area contributed by atoms with E-state index in [1.165, 1.54) is 11.8 Å². The molecule has 2 aliphatic heterocycles. The van der Waals surface area contributed by atoms with Gasteiger partial charge >= 0.3 is 12.1 Å². The number of pyridine rings is 1. The van der Waals surface area contributed by atoms with E-state index in [-0.39, 0.29) is 11.5 Å². The molecular weight excluding hydrogens is 523 g/mol. The lowest BCUT2D eigenvalue weighted by Crippen LogP contribution is -2.45. The van der Waals surface area contributed by atoms with E-state index in [2.05, 4.69) is 30.2 Å². The number of aromatic nitrogens is 6. The molecule has 1 saturated heterocycles. The highest BCUT2D eigenvalue weighted by Crippen LogP contribution is 2.47. The second kappa shape index (κ2) is 10.1. The molecule has 1 spiro atoms. The van der Waals surface area contributed by atoms with Crippen molar-refractivity contribution in [2.24, 2.45) is 11.1 Å². The lowest BCUT2D eigenvalue weighted by Gasteiger charge is -2.41. The van der Waals surface area contributed by atoms with Crippen molar-refractivity contribution in [3.05, 3.63) is 41.6 Å². The number of carboxylic acids is 1. The predicted octanol–water partition coefficient (Wildman–Crippen LogP) is 2.78. The molecule has 3 aromatic rings. The monoisotopic (exact) mass is 543 g/mol. The van der Waals surface area contributed by atoms with E-state index in [1.54, 1.807) is 18.6 Å². The summed E-state index contributed by atoms with van der Waals surface area (Å²) in [6, 6.07) is 1.80. The first-order valence-electron chi connectivity index (χ1n) is 10.6. The van der Waals surface area contributed by atoms with Crippen molar-refractivity contribution in [3.8, 4) is 0 Å². The molecule has 5 N–H and O–H groups in total. The van der Waals surface area contributed by atoms with Crippen LogP contribution < -0.4 is 16.4 Å². The van der Waals surface area contributed by atoms with Crippen molar-refractivity contribution >= 4 is 41.0 Å². The van der Waals surface area contributed by atoms with E-state index in [0.29, 0.717) is 10.8 Å². The number of fused-ring (bicyclic) bond motifs is 1. The van der Waals surface area contributed by atoms with E-state index < -0.39 is 12.1 Å². The molecule has 192 valence electrons. The number of anilines is 2. The van der Waals surface area contributed by atoms with Gasteiger partial charge in [0.25, 0.3) is 0 Å². The van der Waals surface area contributed by atoms with Gasteiger partial charge in [0.1, 0.15) is 16.7 Å². The number of hydrogen-bond donors (Lipinski definition) is 3. The minimum Gasteiger partial charge on any atom is -0.475 e. The summed E-state index contributed by atoms with van der Waals surface area (Å²) in [5, 5.41) is 16.4. The van der Waals surface area contributed by atoms with Crippen LogP contribution in [0, 0.1) is 5.41 Å². The maximum Gasteiger partial charge on any atom is 0.490 e. The molecule has 0 radical (unpaired) electrons. The Hall–Kier alpha value is -3.17. The van der Waals surface area contributed by atoms with Crippen LogP contribution in [-0.2, 0) is 11.3 Å². The highest BCUT2D eigenvalue weighted by molar-refractivity contribution is 7.99. The standard InChI is InChI=1S/C18H20ClN9S.C2HF3O2/c19-15-12(1-4-22-17(15)21)29-14-9-23-13(8-24-14)27-5-2-18(3-6-27)10-28-11(16(18)20)7-25-26-28;3-2(4,5)1(6)7/h1,4,7-9,16H,2-3,5-6,10,20H2,(H2,21,22);(H,6,7)/t16-;/m1./s1. The first-order chi connectivity index (χ1) is 17.0. The van der Waals surface area contributed by atoms with Crippen LogP contribution in [-0.4, -0.2) is 60.3 Å². The lowest BCUT2D eigenvalue weighted by molar-refractivity contribution is -0.192. The molecule has 0 bridgehead atoms. The summed E-state index contributed by atoms with van der Waals surface area (Å²) in [5.74, 6) is -1.57. The third-order valence-electron chi connectivity index (χ3n) is 6.13. The molecule has 0 aliphatic carbocycles. The molecule has 0 aromatic carbocycles. The second-order valence-corrected chi connectivity index (χ2v) is 9.71. The van der Waals surface area contributed by atoms with E-state index in [1.807, 2.05) is 16.9 Å². The van der Waals surface area contributed by atoms with Crippen LogP contribution in [0.5, 0.6) is 0 Å². The minimum atomic E-state index is -5.08. The summed E-state index contributed by atoms with van der Waals surface area (Å²) < 4.78 is 33.7. The zero-order valence-electron chi connectivity index (χ0n) is 18.6. The Labute approximate surface area is 212 Å². The van der Waals surface area contributed by atoms with Gasteiger partial charge in [-0.3, -0.25) is 0 Å². The van der Waals surface area contributed by atoms with Gasteiger partial charge in [0.05, 0.1) is 41.9 Å².